The first-order valence-corrected chi connectivity index (χ1v) is 7.71. The van der Waals surface area contributed by atoms with E-state index in [2.05, 4.69) is 34.4 Å². The molecule has 0 spiro atoms. The maximum Gasteiger partial charge on any atom is 0.240 e. The van der Waals surface area contributed by atoms with E-state index in [9.17, 15) is 0 Å². The van der Waals surface area contributed by atoms with Gasteiger partial charge >= 0.3 is 0 Å². The fraction of sp³-hybridized carbons (Fsp3) is 0.357. The highest BCUT2D eigenvalue weighted by molar-refractivity contribution is 7.13. The van der Waals surface area contributed by atoms with Crippen LogP contribution >= 0.6 is 11.3 Å². The number of hydrogen-bond donors (Lipinski definition) is 1. The van der Waals surface area contributed by atoms with Crippen LogP contribution in [0.25, 0.3) is 10.7 Å². The Morgan fingerprint density at radius 3 is 3.00 bits per heavy atom. The molecule has 0 fully saturated rings. The van der Waals surface area contributed by atoms with E-state index >= 15 is 0 Å². The van der Waals surface area contributed by atoms with Crippen LogP contribution in [0.15, 0.2) is 40.5 Å². The fourth-order valence-corrected chi connectivity index (χ4v) is 2.65. The van der Waals surface area contributed by atoms with Gasteiger partial charge in [-0.2, -0.15) is 10.1 Å². The Bertz CT molecular complexity index is 661. The maximum absolute atomic E-state index is 5.27. The molecule has 0 saturated carbocycles. The van der Waals surface area contributed by atoms with Crippen molar-refractivity contribution in [3.8, 4) is 10.7 Å². The average molecular weight is 303 g/mol. The average Bonchev–Trinajstić information content (AvgIpc) is 3.25. The highest BCUT2D eigenvalue weighted by Crippen LogP contribution is 2.21. The zero-order valence-electron chi connectivity index (χ0n) is 11.9. The molecule has 110 valence electrons. The first kappa shape index (κ1) is 14.0. The number of aromatic nitrogens is 4. The van der Waals surface area contributed by atoms with Crippen molar-refractivity contribution < 1.29 is 4.52 Å². The van der Waals surface area contributed by atoms with Crippen LogP contribution in [0, 0.1) is 0 Å². The van der Waals surface area contributed by atoms with Crippen molar-refractivity contribution in [3.05, 3.63) is 41.9 Å². The van der Waals surface area contributed by atoms with Crippen molar-refractivity contribution >= 4 is 11.3 Å². The van der Waals surface area contributed by atoms with E-state index in [1.807, 2.05) is 34.5 Å². The Hall–Kier alpha value is -1.99. The SMILES string of the molecule is C[C@H](NCc1nc(-c2cccs2)no1)[C@@H](C)n1cccn1. The van der Waals surface area contributed by atoms with Crippen molar-refractivity contribution in [2.75, 3.05) is 0 Å². The third-order valence-electron chi connectivity index (χ3n) is 3.45. The van der Waals surface area contributed by atoms with Crippen LogP contribution in [0.3, 0.4) is 0 Å². The molecule has 0 bridgehead atoms. The van der Waals surface area contributed by atoms with Gasteiger partial charge in [-0.1, -0.05) is 11.2 Å². The summed E-state index contributed by atoms with van der Waals surface area (Å²) in [5.74, 6) is 1.24. The molecule has 7 heteroatoms. The summed E-state index contributed by atoms with van der Waals surface area (Å²) in [6.07, 6.45) is 3.75. The third-order valence-corrected chi connectivity index (χ3v) is 4.32. The normalized spacial score (nSPS) is 14.2. The van der Waals surface area contributed by atoms with E-state index in [0.29, 0.717) is 18.3 Å². The Morgan fingerprint density at radius 1 is 1.38 bits per heavy atom. The fourth-order valence-electron chi connectivity index (χ4n) is 2.00. The van der Waals surface area contributed by atoms with Crippen LogP contribution in [-0.4, -0.2) is 26.0 Å². The predicted octanol–water partition coefficient (Wildman–Crippen LogP) is 2.73. The van der Waals surface area contributed by atoms with Crippen molar-refractivity contribution in [1.29, 1.82) is 0 Å². The first-order chi connectivity index (χ1) is 10.2. The summed E-state index contributed by atoms with van der Waals surface area (Å²) in [7, 11) is 0. The minimum absolute atomic E-state index is 0.238. The first-order valence-electron chi connectivity index (χ1n) is 6.83. The van der Waals surface area contributed by atoms with Crippen molar-refractivity contribution in [2.24, 2.45) is 0 Å². The summed E-state index contributed by atoms with van der Waals surface area (Å²) in [5.41, 5.74) is 0. The molecule has 0 unspecified atom stereocenters. The van der Waals surface area contributed by atoms with E-state index in [1.165, 1.54) is 0 Å². The van der Waals surface area contributed by atoms with Gasteiger partial charge in [-0.05, 0) is 31.4 Å². The molecular formula is C14H17N5OS. The highest BCUT2D eigenvalue weighted by Gasteiger charge is 2.15. The highest BCUT2D eigenvalue weighted by atomic mass is 32.1. The summed E-state index contributed by atoms with van der Waals surface area (Å²) in [6.45, 7) is 4.78. The Morgan fingerprint density at radius 2 is 2.29 bits per heavy atom. The molecule has 0 aliphatic carbocycles. The Labute approximate surface area is 126 Å². The lowest BCUT2D eigenvalue weighted by Gasteiger charge is -2.20. The molecule has 2 atom stereocenters. The molecule has 3 aromatic rings. The van der Waals surface area contributed by atoms with Gasteiger partial charge in [0.05, 0.1) is 17.5 Å². The topological polar surface area (TPSA) is 68.8 Å². The van der Waals surface area contributed by atoms with E-state index in [1.54, 1.807) is 17.5 Å². The van der Waals surface area contributed by atoms with E-state index in [4.69, 9.17) is 4.52 Å². The number of rotatable bonds is 6. The van der Waals surface area contributed by atoms with Crippen LogP contribution in [0.2, 0.25) is 0 Å². The number of nitrogens with zero attached hydrogens (tertiary/aromatic N) is 4. The maximum atomic E-state index is 5.27. The lowest BCUT2D eigenvalue weighted by Crippen LogP contribution is -2.33. The zero-order valence-corrected chi connectivity index (χ0v) is 12.7. The summed E-state index contributed by atoms with van der Waals surface area (Å²) >= 11 is 1.60. The van der Waals surface area contributed by atoms with Gasteiger partial charge < -0.3 is 9.84 Å². The number of hydrogen-bond acceptors (Lipinski definition) is 6. The van der Waals surface area contributed by atoms with Crippen LogP contribution < -0.4 is 5.32 Å². The molecular weight excluding hydrogens is 286 g/mol. The monoisotopic (exact) mass is 303 g/mol. The van der Waals surface area contributed by atoms with Crippen molar-refractivity contribution in [2.45, 2.75) is 32.5 Å². The second-order valence-corrected chi connectivity index (χ2v) is 5.83. The zero-order chi connectivity index (χ0) is 14.7. The number of thiophene rings is 1. The molecule has 0 aliphatic heterocycles. The van der Waals surface area contributed by atoms with Gasteiger partial charge in [-0.15, -0.1) is 11.3 Å². The standard InChI is InChI=1S/C14H17N5OS/c1-10(11(2)19-7-4-6-16-19)15-9-13-17-14(18-20-13)12-5-3-8-21-12/h3-8,10-11,15H,9H2,1-2H3/t10-,11+/m0/s1. The van der Waals surface area contributed by atoms with Gasteiger partial charge in [0.1, 0.15) is 0 Å². The van der Waals surface area contributed by atoms with E-state index in [0.717, 1.165) is 4.88 Å². The number of nitrogens with one attached hydrogen (secondary N) is 1. The van der Waals surface area contributed by atoms with Crippen molar-refractivity contribution in [3.63, 3.8) is 0 Å². The van der Waals surface area contributed by atoms with Gasteiger partial charge in [0.25, 0.3) is 0 Å². The molecule has 0 aromatic carbocycles. The largest absolute Gasteiger partial charge is 0.338 e. The predicted molar refractivity (Wildman–Crippen MR) is 80.9 cm³/mol. The van der Waals surface area contributed by atoms with E-state index < -0.39 is 0 Å². The smallest absolute Gasteiger partial charge is 0.240 e. The van der Waals surface area contributed by atoms with Gasteiger partial charge in [-0.3, -0.25) is 4.68 Å². The summed E-state index contributed by atoms with van der Waals surface area (Å²) in [4.78, 5) is 5.41. The molecule has 3 rings (SSSR count). The minimum Gasteiger partial charge on any atom is -0.338 e. The molecule has 21 heavy (non-hydrogen) atoms. The van der Waals surface area contributed by atoms with Gasteiger partial charge in [0.15, 0.2) is 0 Å². The molecule has 0 radical (unpaired) electrons. The molecule has 0 saturated heterocycles. The Kier molecular flexibility index (Phi) is 4.12. The van der Waals surface area contributed by atoms with Crippen LogP contribution in [0.5, 0.6) is 0 Å². The molecule has 3 heterocycles. The molecule has 6 nitrogen and oxygen atoms in total. The summed E-state index contributed by atoms with van der Waals surface area (Å²) in [6, 6.07) is 6.37. The third kappa shape index (κ3) is 3.20. The molecule has 0 aliphatic rings. The summed E-state index contributed by atoms with van der Waals surface area (Å²) < 4.78 is 7.20. The van der Waals surface area contributed by atoms with Crippen molar-refractivity contribution in [1.82, 2.24) is 25.2 Å². The quantitative estimate of drug-likeness (QED) is 0.758. The minimum atomic E-state index is 0.238. The van der Waals surface area contributed by atoms with Gasteiger partial charge in [0, 0.05) is 18.4 Å². The van der Waals surface area contributed by atoms with Gasteiger partial charge in [-0.25, -0.2) is 0 Å². The molecule has 3 aromatic heterocycles. The van der Waals surface area contributed by atoms with Crippen LogP contribution in [0.4, 0.5) is 0 Å². The lowest BCUT2D eigenvalue weighted by atomic mass is 10.2. The van der Waals surface area contributed by atoms with Crippen LogP contribution in [0.1, 0.15) is 25.8 Å². The second kappa shape index (κ2) is 6.19. The molecule has 1 N–H and O–H groups in total. The van der Waals surface area contributed by atoms with Gasteiger partial charge in [0.2, 0.25) is 11.7 Å². The second-order valence-electron chi connectivity index (χ2n) is 4.89. The Balaban J connectivity index is 1.58. The lowest BCUT2D eigenvalue weighted by molar-refractivity contribution is 0.325. The molecule has 0 amide bonds. The van der Waals surface area contributed by atoms with E-state index in [-0.39, 0.29) is 12.1 Å². The van der Waals surface area contributed by atoms with Crippen LogP contribution in [-0.2, 0) is 6.54 Å². The summed E-state index contributed by atoms with van der Waals surface area (Å²) in [5, 5.41) is 13.6.